The molecule has 6 heteroatoms. The number of benzene rings is 1. The molecule has 4 aromatic rings. The van der Waals surface area contributed by atoms with Crippen LogP contribution in [0.5, 0.6) is 0 Å². The zero-order valence-corrected chi connectivity index (χ0v) is 14.7. The molecule has 0 amide bonds. The molecule has 6 nitrogen and oxygen atoms in total. The number of hydrogen-bond donors (Lipinski definition) is 0. The minimum Gasteiger partial charge on any atom is -0.350 e. The Morgan fingerprint density at radius 3 is 2.77 bits per heavy atom. The first-order valence-corrected chi connectivity index (χ1v) is 8.96. The van der Waals surface area contributed by atoms with Gasteiger partial charge in [0.15, 0.2) is 5.65 Å². The van der Waals surface area contributed by atoms with Crippen molar-refractivity contribution in [3.63, 3.8) is 0 Å². The van der Waals surface area contributed by atoms with Crippen molar-refractivity contribution in [1.82, 2.24) is 24.4 Å². The fourth-order valence-electron chi connectivity index (χ4n) is 3.68. The molecule has 5 rings (SSSR count). The van der Waals surface area contributed by atoms with Crippen molar-refractivity contribution in [1.29, 1.82) is 0 Å². The molecule has 0 N–H and O–H groups in total. The molecular formula is C20H20N6. The number of anilines is 1. The summed E-state index contributed by atoms with van der Waals surface area (Å²) < 4.78 is 4.07. The van der Waals surface area contributed by atoms with Crippen LogP contribution >= 0.6 is 0 Å². The van der Waals surface area contributed by atoms with Crippen LogP contribution in [-0.2, 0) is 13.1 Å². The largest absolute Gasteiger partial charge is 0.350 e. The van der Waals surface area contributed by atoms with Gasteiger partial charge in [-0.1, -0.05) is 30.3 Å². The normalized spacial score (nSPS) is 14.4. The van der Waals surface area contributed by atoms with Gasteiger partial charge in [-0.15, -0.1) is 0 Å². The van der Waals surface area contributed by atoms with E-state index in [0.717, 1.165) is 54.5 Å². The lowest BCUT2D eigenvalue weighted by molar-refractivity contribution is 0.587. The summed E-state index contributed by atoms with van der Waals surface area (Å²) in [5.74, 6) is 1.08. The van der Waals surface area contributed by atoms with Crippen molar-refractivity contribution in [3.8, 4) is 11.3 Å². The van der Waals surface area contributed by atoms with Gasteiger partial charge in [0.05, 0.1) is 29.8 Å². The summed E-state index contributed by atoms with van der Waals surface area (Å²) in [5.41, 5.74) is 5.29. The van der Waals surface area contributed by atoms with E-state index < -0.39 is 0 Å². The standard InChI is InChI=1S/C20H20N6/c1-15-12-17-14-24(10-5-11-25(17)23-15)20-13-18(16-6-3-2-4-7-16)22-19-8-9-21-26(19)20/h2-4,6-9,12-13H,5,10-11,14H2,1H3. The molecule has 0 fully saturated rings. The van der Waals surface area contributed by atoms with E-state index in [1.807, 2.05) is 35.0 Å². The third-order valence-electron chi connectivity index (χ3n) is 4.87. The minimum absolute atomic E-state index is 0.827. The Kier molecular flexibility index (Phi) is 3.48. The monoisotopic (exact) mass is 344 g/mol. The molecule has 0 atom stereocenters. The average Bonchev–Trinajstić information content (AvgIpc) is 3.22. The molecule has 26 heavy (non-hydrogen) atoms. The summed E-state index contributed by atoms with van der Waals surface area (Å²) in [6.07, 6.45) is 2.87. The number of hydrogen-bond acceptors (Lipinski definition) is 4. The van der Waals surface area contributed by atoms with E-state index in [0.29, 0.717) is 0 Å². The average molecular weight is 344 g/mol. The Morgan fingerprint density at radius 2 is 1.88 bits per heavy atom. The Morgan fingerprint density at radius 1 is 1.00 bits per heavy atom. The van der Waals surface area contributed by atoms with E-state index in [9.17, 15) is 0 Å². The van der Waals surface area contributed by atoms with Crippen molar-refractivity contribution in [2.24, 2.45) is 0 Å². The maximum absolute atomic E-state index is 4.79. The zero-order chi connectivity index (χ0) is 17.5. The van der Waals surface area contributed by atoms with Crippen molar-refractivity contribution >= 4 is 11.5 Å². The molecule has 0 unspecified atom stereocenters. The third kappa shape index (κ3) is 2.54. The number of aromatic nitrogens is 5. The second-order valence-corrected chi connectivity index (χ2v) is 6.74. The van der Waals surface area contributed by atoms with Gasteiger partial charge in [-0.3, -0.25) is 4.68 Å². The summed E-state index contributed by atoms with van der Waals surface area (Å²) in [5, 5.41) is 9.12. The highest BCUT2D eigenvalue weighted by atomic mass is 15.4. The highest BCUT2D eigenvalue weighted by Crippen LogP contribution is 2.27. The van der Waals surface area contributed by atoms with Crippen LogP contribution in [-0.4, -0.2) is 30.9 Å². The number of rotatable bonds is 2. The van der Waals surface area contributed by atoms with Gasteiger partial charge in [-0.05, 0) is 19.4 Å². The maximum Gasteiger partial charge on any atom is 0.157 e. The first kappa shape index (κ1) is 15.1. The number of nitrogens with zero attached hydrogens (tertiary/aromatic N) is 6. The molecule has 3 aromatic heterocycles. The quantitative estimate of drug-likeness (QED) is 0.560. The van der Waals surface area contributed by atoms with Gasteiger partial charge in [0, 0.05) is 30.8 Å². The molecule has 0 spiro atoms. The molecule has 1 aliphatic heterocycles. The van der Waals surface area contributed by atoms with Gasteiger partial charge in [-0.2, -0.15) is 14.7 Å². The molecule has 4 heterocycles. The SMILES string of the molecule is Cc1cc2n(n1)CCCN(c1cc(-c3ccccc3)nc3ccnn13)C2. The van der Waals surface area contributed by atoms with Crippen LogP contribution in [0.3, 0.4) is 0 Å². The Bertz CT molecular complexity index is 1060. The smallest absolute Gasteiger partial charge is 0.157 e. The highest BCUT2D eigenvalue weighted by molar-refractivity contribution is 5.66. The van der Waals surface area contributed by atoms with Crippen molar-refractivity contribution in [2.75, 3.05) is 11.4 Å². The van der Waals surface area contributed by atoms with Gasteiger partial charge in [0.25, 0.3) is 0 Å². The van der Waals surface area contributed by atoms with E-state index in [4.69, 9.17) is 4.98 Å². The van der Waals surface area contributed by atoms with E-state index in [1.165, 1.54) is 5.69 Å². The lowest BCUT2D eigenvalue weighted by Gasteiger charge is -2.23. The first-order valence-electron chi connectivity index (χ1n) is 8.96. The summed E-state index contributed by atoms with van der Waals surface area (Å²) in [7, 11) is 0. The van der Waals surface area contributed by atoms with Crippen LogP contribution in [0.15, 0.2) is 54.7 Å². The van der Waals surface area contributed by atoms with Gasteiger partial charge < -0.3 is 4.90 Å². The van der Waals surface area contributed by atoms with Crippen LogP contribution in [0, 0.1) is 6.92 Å². The topological polar surface area (TPSA) is 51.2 Å². The number of fused-ring (bicyclic) bond motifs is 2. The minimum atomic E-state index is 0.827. The molecule has 130 valence electrons. The predicted octanol–water partition coefficient (Wildman–Crippen LogP) is 3.31. The summed E-state index contributed by atoms with van der Waals surface area (Å²) >= 11 is 0. The van der Waals surface area contributed by atoms with E-state index in [2.05, 4.69) is 51.0 Å². The molecule has 0 aliphatic carbocycles. The second kappa shape index (κ2) is 5.98. The third-order valence-corrected chi connectivity index (χ3v) is 4.87. The second-order valence-electron chi connectivity index (χ2n) is 6.74. The summed E-state index contributed by atoms with van der Waals surface area (Å²) in [6.45, 7) is 4.81. The zero-order valence-electron chi connectivity index (χ0n) is 14.7. The molecule has 0 bridgehead atoms. The van der Waals surface area contributed by atoms with Crippen molar-refractivity contribution in [2.45, 2.75) is 26.4 Å². The van der Waals surface area contributed by atoms with Gasteiger partial charge >= 0.3 is 0 Å². The molecule has 0 saturated carbocycles. The highest BCUT2D eigenvalue weighted by Gasteiger charge is 2.20. The van der Waals surface area contributed by atoms with Crippen LogP contribution in [0.4, 0.5) is 5.82 Å². The lowest BCUT2D eigenvalue weighted by Crippen LogP contribution is -2.25. The Hall–Kier alpha value is -3.15. The van der Waals surface area contributed by atoms with Gasteiger partial charge in [0.1, 0.15) is 5.82 Å². The molecule has 1 aromatic carbocycles. The van der Waals surface area contributed by atoms with Crippen molar-refractivity contribution < 1.29 is 0 Å². The molecule has 1 aliphatic rings. The predicted molar refractivity (Wildman–Crippen MR) is 101 cm³/mol. The van der Waals surface area contributed by atoms with Crippen molar-refractivity contribution in [3.05, 3.63) is 66.1 Å². The first-order chi connectivity index (χ1) is 12.8. The van der Waals surface area contributed by atoms with Crippen LogP contribution < -0.4 is 4.90 Å². The molecule has 0 saturated heterocycles. The van der Waals surface area contributed by atoms with Crippen LogP contribution in [0.2, 0.25) is 0 Å². The van der Waals surface area contributed by atoms with Gasteiger partial charge in [0.2, 0.25) is 0 Å². The molecule has 0 radical (unpaired) electrons. The van der Waals surface area contributed by atoms with E-state index >= 15 is 0 Å². The Balaban J connectivity index is 1.63. The van der Waals surface area contributed by atoms with E-state index in [-0.39, 0.29) is 0 Å². The van der Waals surface area contributed by atoms with Gasteiger partial charge in [-0.25, -0.2) is 4.98 Å². The maximum atomic E-state index is 4.79. The summed E-state index contributed by atoms with van der Waals surface area (Å²) in [6, 6.07) is 16.6. The lowest BCUT2D eigenvalue weighted by atomic mass is 10.1. The Labute approximate surface area is 151 Å². The van der Waals surface area contributed by atoms with E-state index in [1.54, 1.807) is 0 Å². The fourth-order valence-corrected chi connectivity index (χ4v) is 3.68. The summed E-state index contributed by atoms with van der Waals surface area (Å²) in [4.78, 5) is 7.17. The molecular weight excluding hydrogens is 324 g/mol. The van der Waals surface area contributed by atoms with Crippen LogP contribution in [0.1, 0.15) is 17.8 Å². The van der Waals surface area contributed by atoms with Crippen LogP contribution in [0.25, 0.3) is 16.9 Å². The fraction of sp³-hybridized carbons (Fsp3) is 0.250. The number of aryl methyl sites for hydroxylation is 2.